The van der Waals surface area contributed by atoms with Crippen LogP contribution in [-0.4, -0.2) is 82.6 Å². The van der Waals surface area contributed by atoms with E-state index in [1.165, 1.54) is 31.2 Å². The third-order valence-corrected chi connectivity index (χ3v) is 6.00. The van der Waals surface area contributed by atoms with Crippen LogP contribution in [0.3, 0.4) is 0 Å². The number of aliphatic hydroxyl groups excluding tert-OH is 1. The van der Waals surface area contributed by atoms with Crippen LogP contribution in [0.5, 0.6) is 0 Å². The van der Waals surface area contributed by atoms with E-state index in [1.54, 1.807) is 0 Å². The van der Waals surface area contributed by atoms with Crippen LogP contribution >= 0.6 is 0 Å². The number of nitro groups is 1. The molecule has 0 unspecified atom stereocenters. The molecular weight excluding hydrogens is 538 g/mol. The number of carbonyl (C=O) groups is 5. The molecule has 0 spiro atoms. The molecule has 0 aromatic heterocycles. The number of esters is 3. The average molecular weight is 568 g/mol. The Labute approximate surface area is 227 Å². The number of hydrogen-bond donors (Lipinski definition) is 1. The molecule has 0 saturated carbocycles. The van der Waals surface area contributed by atoms with E-state index in [0.29, 0.717) is 5.56 Å². The molecule has 0 amide bonds. The Kier molecular flexibility index (Phi) is 10.0. The van der Waals surface area contributed by atoms with Crippen molar-refractivity contribution in [2.75, 3.05) is 0 Å². The summed E-state index contributed by atoms with van der Waals surface area (Å²) < 4.78 is 33.3. The lowest BCUT2D eigenvalue weighted by Crippen LogP contribution is -2.63. The van der Waals surface area contributed by atoms with Crippen LogP contribution in [0.15, 0.2) is 24.3 Å². The first-order chi connectivity index (χ1) is 18.8. The highest BCUT2D eigenvalue weighted by molar-refractivity contribution is 5.84. The Morgan fingerprint density at radius 3 is 1.98 bits per heavy atom. The molecule has 1 N–H and O–H groups in total. The van der Waals surface area contributed by atoms with E-state index >= 15 is 0 Å². The highest BCUT2D eigenvalue weighted by Gasteiger charge is 2.54. The molecule has 40 heavy (non-hydrogen) atoms. The first-order valence-electron chi connectivity index (χ1n) is 12.2. The van der Waals surface area contributed by atoms with Gasteiger partial charge in [0, 0.05) is 45.7 Å². The van der Waals surface area contributed by atoms with Crippen LogP contribution in [-0.2, 0) is 52.4 Å². The predicted molar refractivity (Wildman–Crippen MR) is 128 cm³/mol. The fraction of sp³-hybridized carbons (Fsp3) is 0.560. The van der Waals surface area contributed by atoms with E-state index in [2.05, 4.69) is 0 Å². The Bertz CT molecular complexity index is 1150. The molecule has 2 fully saturated rings. The SMILES string of the molecule is CC(=O)C[C@H]1O[C@@H](O[C@@H]2O[C@H](c3ccc([N+](=O)[O-])cc3)CC(=O)[C@H]2O)[C@H](OC(C)=O)[C@@H](OC(C)=O)[C@@H]1OC(C)=O. The summed E-state index contributed by atoms with van der Waals surface area (Å²) in [6, 6.07) is 5.20. The number of nitro benzene ring substituents is 1. The van der Waals surface area contributed by atoms with Crippen LogP contribution < -0.4 is 0 Å². The minimum atomic E-state index is -1.82. The monoisotopic (exact) mass is 567 g/mol. The highest BCUT2D eigenvalue weighted by atomic mass is 16.8. The second kappa shape index (κ2) is 13.0. The third kappa shape index (κ3) is 7.65. The van der Waals surface area contributed by atoms with E-state index in [1.807, 2.05) is 0 Å². The zero-order chi connectivity index (χ0) is 29.7. The van der Waals surface area contributed by atoms with Gasteiger partial charge in [-0.1, -0.05) is 0 Å². The van der Waals surface area contributed by atoms with Gasteiger partial charge in [-0.3, -0.25) is 34.1 Å². The third-order valence-electron chi connectivity index (χ3n) is 6.00. The molecule has 8 atom stereocenters. The number of Topliss-reactive ketones (excluding diaryl/α,β-unsaturated/α-hetero) is 2. The normalized spacial score (nSPS) is 30.2. The molecule has 0 radical (unpaired) electrons. The number of hydrogen-bond acceptors (Lipinski definition) is 14. The van der Waals surface area contributed by atoms with Gasteiger partial charge in [0.2, 0.25) is 6.29 Å². The maximum atomic E-state index is 12.6. The van der Waals surface area contributed by atoms with Gasteiger partial charge in [0.05, 0.1) is 11.0 Å². The molecule has 2 saturated heterocycles. The Hall–Kier alpha value is -3.79. The minimum absolute atomic E-state index is 0.186. The lowest BCUT2D eigenvalue weighted by molar-refractivity contribution is -0.384. The first kappa shape index (κ1) is 30.7. The van der Waals surface area contributed by atoms with Crippen LogP contribution in [0.25, 0.3) is 0 Å². The summed E-state index contributed by atoms with van der Waals surface area (Å²) in [6.07, 6.45) is -12.5. The molecule has 3 rings (SSSR count). The number of nitrogens with zero attached hydrogens (tertiary/aromatic N) is 1. The number of carbonyl (C=O) groups excluding carboxylic acids is 5. The molecule has 218 valence electrons. The van der Waals surface area contributed by atoms with Gasteiger partial charge in [0.15, 0.2) is 36.5 Å². The maximum Gasteiger partial charge on any atom is 0.303 e. The molecule has 2 aliphatic heterocycles. The number of rotatable bonds is 9. The lowest BCUT2D eigenvalue weighted by Gasteiger charge is -2.45. The zero-order valence-electron chi connectivity index (χ0n) is 22.0. The molecule has 1 aromatic rings. The topological polar surface area (TPSA) is 204 Å². The van der Waals surface area contributed by atoms with E-state index in [4.69, 9.17) is 28.4 Å². The zero-order valence-corrected chi connectivity index (χ0v) is 22.0. The van der Waals surface area contributed by atoms with Crippen molar-refractivity contribution in [1.82, 2.24) is 0 Å². The van der Waals surface area contributed by atoms with Gasteiger partial charge >= 0.3 is 17.9 Å². The Balaban J connectivity index is 1.94. The summed E-state index contributed by atoms with van der Waals surface area (Å²) >= 11 is 0. The minimum Gasteiger partial charge on any atom is -0.456 e. The maximum absolute atomic E-state index is 12.6. The summed E-state index contributed by atoms with van der Waals surface area (Å²) in [4.78, 5) is 70.8. The van der Waals surface area contributed by atoms with E-state index in [0.717, 1.165) is 20.8 Å². The van der Waals surface area contributed by atoms with Crippen LogP contribution in [0.1, 0.15) is 52.2 Å². The van der Waals surface area contributed by atoms with Gasteiger partial charge in [-0.2, -0.15) is 0 Å². The van der Waals surface area contributed by atoms with E-state index in [-0.39, 0.29) is 18.5 Å². The van der Waals surface area contributed by atoms with Gasteiger partial charge in [-0.05, 0) is 24.6 Å². The number of non-ortho nitro benzene ring substituents is 1. The van der Waals surface area contributed by atoms with Crippen molar-refractivity contribution < 1.29 is 62.4 Å². The fourth-order valence-corrected chi connectivity index (χ4v) is 4.40. The molecule has 15 heteroatoms. The predicted octanol–water partition coefficient (Wildman–Crippen LogP) is 0.828. The molecule has 15 nitrogen and oxygen atoms in total. The van der Waals surface area contributed by atoms with Crippen LogP contribution in [0.4, 0.5) is 5.69 Å². The number of ketones is 2. The lowest BCUT2D eigenvalue weighted by atomic mass is 9.94. The first-order valence-corrected chi connectivity index (χ1v) is 12.2. The second-order valence-corrected chi connectivity index (χ2v) is 9.26. The average Bonchev–Trinajstić information content (AvgIpc) is 2.85. The standard InChI is InChI=1S/C25H29NO14/c1-11(27)9-19-21(35-12(2)28)22(36-13(3)29)23(37-14(4)30)25(39-19)40-24-20(32)17(31)10-18(38-24)15-5-7-16(8-6-15)26(33)34/h5-8,18-25,32H,9-10H2,1-4H3/t18-,19+,20+,21+,22-,23+,24-,25-/m0/s1. The van der Waals surface area contributed by atoms with Crippen molar-refractivity contribution in [3.05, 3.63) is 39.9 Å². The molecule has 0 bridgehead atoms. The summed E-state index contributed by atoms with van der Waals surface area (Å²) in [5.41, 5.74) is 0.191. The summed E-state index contributed by atoms with van der Waals surface area (Å²) in [5, 5.41) is 21.5. The van der Waals surface area contributed by atoms with Crippen LogP contribution in [0.2, 0.25) is 0 Å². The van der Waals surface area contributed by atoms with Gasteiger partial charge in [0.1, 0.15) is 11.9 Å². The van der Waals surface area contributed by atoms with Crippen LogP contribution in [0, 0.1) is 10.1 Å². The van der Waals surface area contributed by atoms with Crippen molar-refractivity contribution in [3.63, 3.8) is 0 Å². The molecule has 0 aliphatic carbocycles. The highest BCUT2D eigenvalue weighted by Crippen LogP contribution is 2.36. The Morgan fingerprint density at radius 1 is 0.900 bits per heavy atom. The Morgan fingerprint density at radius 2 is 1.45 bits per heavy atom. The van der Waals surface area contributed by atoms with Crippen molar-refractivity contribution >= 4 is 35.2 Å². The summed E-state index contributed by atoms with van der Waals surface area (Å²) in [6.45, 7) is 4.42. The van der Waals surface area contributed by atoms with Crippen molar-refractivity contribution in [3.8, 4) is 0 Å². The molecule has 2 heterocycles. The summed E-state index contributed by atoms with van der Waals surface area (Å²) in [7, 11) is 0. The fourth-order valence-electron chi connectivity index (χ4n) is 4.40. The van der Waals surface area contributed by atoms with Crippen molar-refractivity contribution in [1.29, 1.82) is 0 Å². The molecule has 1 aromatic carbocycles. The largest absolute Gasteiger partial charge is 0.456 e. The smallest absolute Gasteiger partial charge is 0.303 e. The summed E-state index contributed by atoms with van der Waals surface area (Å²) in [5.74, 6) is -3.59. The van der Waals surface area contributed by atoms with Gasteiger partial charge in [-0.15, -0.1) is 0 Å². The quantitative estimate of drug-likeness (QED) is 0.190. The number of benzene rings is 1. The van der Waals surface area contributed by atoms with E-state index in [9.17, 15) is 39.2 Å². The van der Waals surface area contributed by atoms with Gasteiger partial charge < -0.3 is 33.5 Å². The van der Waals surface area contributed by atoms with Gasteiger partial charge in [0.25, 0.3) is 5.69 Å². The van der Waals surface area contributed by atoms with Crippen molar-refractivity contribution in [2.45, 2.75) is 89.7 Å². The van der Waals surface area contributed by atoms with Gasteiger partial charge in [-0.25, -0.2) is 0 Å². The van der Waals surface area contributed by atoms with Crippen molar-refractivity contribution in [2.24, 2.45) is 0 Å². The molecular formula is C25H29NO14. The number of aliphatic hydroxyl groups is 1. The van der Waals surface area contributed by atoms with E-state index < -0.39 is 83.6 Å². The second-order valence-electron chi connectivity index (χ2n) is 9.26. The molecule has 2 aliphatic rings. The number of ether oxygens (including phenoxy) is 6.